The fraction of sp³-hybridized carbons (Fsp3) is 0.417. The molecular formula is C12H16N2O3S. The molecule has 0 spiro atoms. The largest absolute Gasteiger partial charge is 0.315 e. The van der Waals surface area contributed by atoms with Gasteiger partial charge in [0, 0.05) is 13.1 Å². The molecule has 1 saturated heterocycles. The van der Waals surface area contributed by atoms with E-state index >= 15 is 0 Å². The van der Waals surface area contributed by atoms with Gasteiger partial charge in [0.2, 0.25) is 15.9 Å². The molecular weight excluding hydrogens is 252 g/mol. The van der Waals surface area contributed by atoms with E-state index in [1.165, 1.54) is 0 Å². The maximum Gasteiger partial charge on any atom is 0.239 e. The van der Waals surface area contributed by atoms with Gasteiger partial charge in [0.25, 0.3) is 0 Å². The fourth-order valence-corrected chi connectivity index (χ4v) is 2.93. The van der Waals surface area contributed by atoms with E-state index in [2.05, 4.69) is 10.0 Å². The number of hydrogen-bond acceptors (Lipinski definition) is 4. The van der Waals surface area contributed by atoms with Crippen molar-refractivity contribution >= 4 is 15.9 Å². The van der Waals surface area contributed by atoms with Crippen molar-refractivity contribution in [2.24, 2.45) is 5.92 Å². The van der Waals surface area contributed by atoms with Crippen LogP contribution in [0, 0.1) is 12.8 Å². The molecule has 1 aliphatic rings. The smallest absolute Gasteiger partial charge is 0.239 e. The van der Waals surface area contributed by atoms with Crippen LogP contribution in [0.5, 0.6) is 0 Å². The van der Waals surface area contributed by atoms with Gasteiger partial charge >= 0.3 is 0 Å². The van der Waals surface area contributed by atoms with Crippen molar-refractivity contribution in [3.63, 3.8) is 0 Å². The Labute approximate surface area is 107 Å². The maximum absolute atomic E-state index is 11.8. The highest BCUT2D eigenvalue weighted by molar-refractivity contribution is 7.89. The van der Waals surface area contributed by atoms with E-state index in [9.17, 15) is 13.2 Å². The number of benzene rings is 1. The summed E-state index contributed by atoms with van der Waals surface area (Å²) in [4.78, 5) is 11.6. The number of amides is 1. The van der Waals surface area contributed by atoms with E-state index in [1.54, 1.807) is 18.2 Å². The lowest BCUT2D eigenvalue weighted by Gasteiger charge is -2.25. The highest BCUT2D eigenvalue weighted by Gasteiger charge is 2.28. The van der Waals surface area contributed by atoms with E-state index in [-0.39, 0.29) is 11.7 Å². The first-order valence-electron chi connectivity index (χ1n) is 5.77. The number of carbonyl (C=O) groups excluding carboxylic acids is 1. The maximum atomic E-state index is 11.8. The third kappa shape index (κ3) is 3.30. The molecule has 1 aromatic rings. The molecule has 1 heterocycles. The van der Waals surface area contributed by atoms with Gasteiger partial charge in [-0.05, 0) is 12.5 Å². The predicted octanol–water partition coefficient (Wildman–Crippen LogP) is 0.160. The van der Waals surface area contributed by atoms with E-state index in [0.717, 1.165) is 5.56 Å². The van der Waals surface area contributed by atoms with Crippen LogP contribution in [0.15, 0.2) is 24.3 Å². The van der Waals surface area contributed by atoms with Gasteiger partial charge in [-0.1, -0.05) is 29.8 Å². The van der Waals surface area contributed by atoms with Crippen LogP contribution in [0.25, 0.3) is 0 Å². The molecule has 98 valence electrons. The van der Waals surface area contributed by atoms with Crippen molar-refractivity contribution in [2.45, 2.75) is 12.7 Å². The minimum Gasteiger partial charge on any atom is -0.315 e. The van der Waals surface area contributed by atoms with E-state index in [1.807, 2.05) is 13.0 Å². The highest BCUT2D eigenvalue weighted by atomic mass is 32.2. The number of aryl methyl sites for hydroxylation is 1. The molecule has 1 aliphatic heterocycles. The second kappa shape index (κ2) is 5.07. The van der Waals surface area contributed by atoms with E-state index in [4.69, 9.17) is 0 Å². The second-order valence-electron chi connectivity index (χ2n) is 4.57. The monoisotopic (exact) mass is 268 g/mol. The van der Waals surface area contributed by atoms with Gasteiger partial charge in [-0.3, -0.25) is 9.52 Å². The molecule has 18 heavy (non-hydrogen) atoms. The zero-order valence-corrected chi connectivity index (χ0v) is 11.0. The Bertz CT molecular complexity index is 550. The number of hydrogen-bond donors (Lipinski definition) is 2. The Morgan fingerprint density at radius 1 is 1.44 bits per heavy atom. The van der Waals surface area contributed by atoms with Crippen LogP contribution in [-0.4, -0.2) is 27.4 Å². The van der Waals surface area contributed by atoms with Crippen LogP contribution in [0.1, 0.15) is 11.1 Å². The average Bonchev–Trinajstić information content (AvgIpc) is 2.11. The minimum absolute atomic E-state index is 0.166. The summed E-state index contributed by atoms with van der Waals surface area (Å²) in [5.41, 5.74) is 1.68. The van der Waals surface area contributed by atoms with Crippen LogP contribution in [-0.2, 0) is 20.6 Å². The summed E-state index contributed by atoms with van der Waals surface area (Å²) >= 11 is 0. The van der Waals surface area contributed by atoms with Crippen molar-refractivity contribution in [1.29, 1.82) is 0 Å². The standard InChI is InChI=1S/C12H16N2O3S/c1-9-3-2-4-10(5-9)8-18(16,17)14-12(15)11-6-13-7-11/h2-5,11,13H,6-8H2,1H3,(H,14,15). The first-order valence-corrected chi connectivity index (χ1v) is 7.42. The lowest BCUT2D eigenvalue weighted by molar-refractivity contribution is -0.124. The van der Waals surface area contributed by atoms with Crippen LogP contribution in [0.2, 0.25) is 0 Å². The highest BCUT2D eigenvalue weighted by Crippen LogP contribution is 2.09. The van der Waals surface area contributed by atoms with Crippen LogP contribution < -0.4 is 10.0 Å². The summed E-state index contributed by atoms with van der Waals surface area (Å²) in [5, 5.41) is 2.93. The molecule has 1 aromatic carbocycles. The van der Waals surface area contributed by atoms with Gasteiger partial charge in [-0.25, -0.2) is 8.42 Å². The van der Waals surface area contributed by atoms with Gasteiger partial charge in [0.15, 0.2) is 0 Å². The molecule has 0 unspecified atom stereocenters. The average molecular weight is 268 g/mol. The summed E-state index contributed by atoms with van der Waals surface area (Å²) in [5.74, 6) is -0.806. The van der Waals surface area contributed by atoms with E-state index in [0.29, 0.717) is 18.7 Å². The second-order valence-corrected chi connectivity index (χ2v) is 6.29. The lowest BCUT2D eigenvalue weighted by atomic mass is 10.0. The van der Waals surface area contributed by atoms with Gasteiger partial charge in [0.05, 0.1) is 11.7 Å². The van der Waals surface area contributed by atoms with Crippen LogP contribution in [0.4, 0.5) is 0 Å². The molecule has 1 amide bonds. The van der Waals surface area contributed by atoms with Crippen molar-refractivity contribution in [3.05, 3.63) is 35.4 Å². The Morgan fingerprint density at radius 2 is 2.17 bits per heavy atom. The van der Waals surface area contributed by atoms with Crippen molar-refractivity contribution in [1.82, 2.24) is 10.0 Å². The molecule has 0 atom stereocenters. The number of rotatable bonds is 4. The normalized spacial score (nSPS) is 16.1. The Hall–Kier alpha value is -1.40. The Morgan fingerprint density at radius 3 is 2.72 bits per heavy atom. The molecule has 5 nitrogen and oxygen atoms in total. The lowest BCUT2D eigenvalue weighted by Crippen LogP contribution is -2.51. The minimum atomic E-state index is -3.60. The predicted molar refractivity (Wildman–Crippen MR) is 68.3 cm³/mol. The number of carbonyl (C=O) groups is 1. The SMILES string of the molecule is Cc1cccc(CS(=O)(=O)NC(=O)C2CNC2)c1. The summed E-state index contributed by atoms with van der Waals surface area (Å²) in [7, 11) is -3.60. The summed E-state index contributed by atoms with van der Waals surface area (Å²) in [6.45, 7) is 2.99. The first kappa shape index (κ1) is 13.0. The molecule has 6 heteroatoms. The Kier molecular flexibility index (Phi) is 3.68. The molecule has 1 fully saturated rings. The molecule has 0 saturated carbocycles. The third-order valence-electron chi connectivity index (χ3n) is 2.85. The summed E-state index contributed by atoms with van der Waals surface area (Å²) < 4.78 is 25.7. The molecule has 0 radical (unpaired) electrons. The molecule has 2 N–H and O–H groups in total. The van der Waals surface area contributed by atoms with Gasteiger partial charge < -0.3 is 5.32 Å². The van der Waals surface area contributed by atoms with Crippen molar-refractivity contribution < 1.29 is 13.2 Å². The fourth-order valence-electron chi connectivity index (χ4n) is 1.77. The van der Waals surface area contributed by atoms with Gasteiger partial charge in [-0.2, -0.15) is 0 Å². The third-order valence-corrected chi connectivity index (χ3v) is 4.07. The first-order chi connectivity index (χ1) is 8.46. The zero-order valence-electron chi connectivity index (χ0n) is 10.1. The topological polar surface area (TPSA) is 75.3 Å². The molecule has 2 rings (SSSR count). The molecule has 0 aliphatic carbocycles. The van der Waals surface area contributed by atoms with Crippen molar-refractivity contribution in [3.8, 4) is 0 Å². The van der Waals surface area contributed by atoms with E-state index < -0.39 is 15.9 Å². The summed E-state index contributed by atoms with van der Waals surface area (Å²) in [6.07, 6.45) is 0. The number of nitrogens with one attached hydrogen (secondary N) is 2. The van der Waals surface area contributed by atoms with Gasteiger partial charge in [-0.15, -0.1) is 0 Å². The quantitative estimate of drug-likeness (QED) is 0.815. The zero-order chi connectivity index (χ0) is 13.2. The van der Waals surface area contributed by atoms with Crippen LogP contribution >= 0.6 is 0 Å². The summed E-state index contributed by atoms with van der Waals surface area (Å²) in [6, 6.07) is 7.24. The van der Waals surface area contributed by atoms with Crippen molar-refractivity contribution in [2.75, 3.05) is 13.1 Å². The van der Waals surface area contributed by atoms with Crippen LogP contribution in [0.3, 0.4) is 0 Å². The molecule has 0 bridgehead atoms. The Balaban J connectivity index is 2.00. The molecule has 0 aromatic heterocycles. The number of sulfonamides is 1. The van der Waals surface area contributed by atoms with Gasteiger partial charge in [0.1, 0.15) is 0 Å².